The average molecular weight is 273 g/mol. The average Bonchev–Trinajstić information content (AvgIpc) is 2.47. The maximum absolute atomic E-state index is 13.4. The zero-order valence-corrected chi connectivity index (χ0v) is 11.0. The van der Waals surface area contributed by atoms with E-state index in [4.69, 9.17) is 10.5 Å². The molecule has 2 aromatic carbocycles. The van der Waals surface area contributed by atoms with Crippen LogP contribution in [0.3, 0.4) is 0 Å². The molecule has 20 heavy (non-hydrogen) atoms. The van der Waals surface area contributed by atoms with E-state index in [9.17, 15) is 9.18 Å². The van der Waals surface area contributed by atoms with E-state index in [1.807, 2.05) is 12.1 Å². The van der Waals surface area contributed by atoms with E-state index in [1.165, 1.54) is 6.07 Å². The lowest BCUT2D eigenvalue weighted by Gasteiger charge is -2.09. The molecule has 0 saturated carbocycles. The molecule has 0 aliphatic heterocycles. The first-order chi connectivity index (χ1) is 9.72. The fourth-order valence-corrected chi connectivity index (χ4v) is 1.93. The summed E-state index contributed by atoms with van der Waals surface area (Å²) in [6, 6.07) is 13.4. The lowest BCUT2D eigenvalue weighted by Crippen LogP contribution is -2.11. The van der Waals surface area contributed by atoms with Crippen molar-refractivity contribution in [3.05, 3.63) is 71.0 Å². The number of halogens is 1. The van der Waals surface area contributed by atoms with Crippen LogP contribution in [-0.4, -0.2) is 12.5 Å². The quantitative estimate of drug-likeness (QED) is 0.852. The number of hydrogen-bond acceptors (Lipinski definition) is 3. The van der Waals surface area contributed by atoms with Gasteiger partial charge in [0.25, 0.3) is 0 Å². The number of carbonyl (C=O) groups is 1. The molecule has 4 heteroatoms. The maximum atomic E-state index is 13.4. The fourth-order valence-electron chi connectivity index (χ4n) is 1.93. The molecule has 104 valence electrons. The van der Waals surface area contributed by atoms with Crippen molar-refractivity contribution >= 4 is 5.97 Å². The molecule has 2 N–H and O–H groups in total. The summed E-state index contributed by atoms with van der Waals surface area (Å²) in [6.07, 6.45) is 0.602. The summed E-state index contributed by atoms with van der Waals surface area (Å²) < 4.78 is 18.6. The minimum absolute atomic E-state index is 0.0809. The van der Waals surface area contributed by atoms with Crippen LogP contribution < -0.4 is 5.73 Å². The van der Waals surface area contributed by atoms with E-state index in [1.54, 1.807) is 30.3 Å². The van der Waals surface area contributed by atoms with Crippen molar-refractivity contribution < 1.29 is 13.9 Å². The Morgan fingerprint density at radius 1 is 1.05 bits per heavy atom. The first-order valence-electron chi connectivity index (χ1n) is 6.41. The Labute approximate surface area is 117 Å². The van der Waals surface area contributed by atoms with E-state index in [0.29, 0.717) is 24.1 Å². The van der Waals surface area contributed by atoms with Crippen LogP contribution in [0.1, 0.15) is 21.5 Å². The predicted octanol–water partition coefficient (Wildman–Crippen LogP) is 2.68. The molecule has 0 bridgehead atoms. The monoisotopic (exact) mass is 273 g/mol. The molecule has 0 radical (unpaired) electrons. The largest absolute Gasteiger partial charge is 0.457 e. The smallest absolute Gasteiger partial charge is 0.338 e. The highest BCUT2D eigenvalue weighted by Crippen LogP contribution is 2.13. The fraction of sp³-hybridized carbons (Fsp3) is 0.188. The molecule has 0 fully saturated rings. The molecule has 0 aliphatic carbocycles. The standard InChI is InChI=1S/C16H16FNO2/c17-15-8-4-2-6-13(15)11-20-16(19)14-7-3-1-5-12(14)9-10-18/h1-8H,9-11,18H2. The van der Waals surface area contributed by atoms with Crippen molar-refractivity contribution in [2.24, 2.45) is 5.73 Å². The molecule has 0 atom stereocenters. The van der Waals surface area contributed by atoms with Gasteiger partial charge >= 0.3 is 5.97 Å². The molecule has 0 aromatic heterocycles. The van der Waals surface area contributed by atoms with Crippen LogP contribution in [0, 0.1) is 5.82 Å². The number of hydrogen-bond donors (Lipinski definition) is 1. The third-order valence-electron chi connectivity index (χ3n) is 2.97. The Bertz CT molecular complexity index is 599. The molecular weight excluding hydrogens is 257 g/mol. The molecule has 0 heterocycles. The summed E-state index contributed by atoms with van der Waals surface area (Å²) in [5, 5.41) is 0. The summed E-state index contributed by atoms with van der Waals surface area (Å²) in [6.45, 7) is 0.375. The Kier molecular flexibility index (Phi) is 4.85. The van der Waals surface area contributed by atoms with Crippen LogP contribution >= 0.6 is 0 Å². The van der Waals surface area contributed by atoms with Crippen molar-refractivity contribution in [2.75, 3.05) is 6.54 Å². The van der Waals surface area contributed by atoms with Gasteiger partial charge in [0.1, 0.15) is 12.4 Å². The van der Waals surface area contributed by atoms with Crippen LogP contribution in [0.25, 0.3) is 0 Å². The number of esters is 1. The van der Waals surface area contributed by atoms with Crippen molar-refractivity contribution in [1.82, 2.24) is 0 Å². The number of ether oxygens (including phenoxy) is 1. The minimum atomic E-state index is -0.461. The predicted molar refractivity (Wildman–Crippen MR) is 74.7 cm³/mol. The zero-order valence-electron chi connectivity index (χ0n) is 11.0. The van der Waals surface area contributed by atoms with E-state index in [0.717, 1.165) is 5.56 Å². The first-order valence-corrected chi connectivity index (χ1v) is 6.41. The van der Waals surface area contributed by atoms with Crippen molar-refractivity contribution in [2.45, 2.75) is 13.0 Å². The lowest BCUT2D eigenvalue weighted by molar-refractivity contribution is 0.0467. The number of nitrogens with two attached hydrogens (primary N) is 1. The molecule has 0 unspecified atom stereocenters. The molecular formula is C16H16FNO2. The van der Waals surface area contributed by atoms with Crippen LogP contribution in [0.2, 0.25) is 0 Å². The van der Waals surface area contributed by atoms with Crippen LogP contribution in [0.5, 0.6) is 0 Å². The first kappa shape index (κ1) is 14.2. The van der Waals surface area contributed by atoms with E-state index >= 15 is 0 Å². The van der Waals surface area contributed by atoms with Crippen LogP contribution in [-0.2, 0) is 17.8 Å². The third kappa shape index (κ3) is 3.42. The summed E-state index contributed by atoms with van der Waals surface area (Å²) in [4.78, 5) is 12.0. The second kappa shape index (κ2) is 6.82. The van der Waals surface area contributed by atoms with Gasteiger partial charge < -0.3 is 10.5 Å². The highest BCUT2D eigenvalue weighted by atomic mass is 19.1. The van der Waals surface area contributed by atoms with E-state index in [-0.39, 0.29) is 12.4 Å². The lowest BCUT2D eigenvalue weighted by atomic mass is 10.0. The number of carbonyl (C=O) groups excluding carboxylic acids is 1. The summed E-state index contributed by atoms with van der Waals surface area (Å²) in [5.74, 6) is -0.840. The normalized spacial score (nSPS) is 10.3. The maximum Gasteiger partial charge on any atom is 0.338 e. The van der Waals surface area contributed by atoms with Gasteiger partial charge in [-0.2, -0.15) is 0 Å². The molecule has 0 saturated heterocycles. The summed E-state index contributed by atoms with van der Waals surface area (Å²) in [5.41, 5.74) is 7.19. The van der Waals surface area contributed by atoms with Gasteiger partial charge in [-0.3, -0.25) is 0 Å². The Morgan fingerprint density at radius 2 is 1.70 bits per heavy atom. The van der Waals surface area contributed by atoms with Crippen LogP contribution in [0.4, 0.5) is 4.39 Å². The zero-order chi connectivity index (χ0) is 14.4. The SMILES string of the molecule is NCCc1ccccc1C(=O)OCc1ccccc1F. The molecule has 2 aromatic rings. The Balaban J connectivity index is 2.07. The van der Waals surface area contributed by atoms with Crippen molar-refractivity contribution in [1.29, 1.82) is 0 Å². The van der Waals surface area contributed by atoms with Gasteiger partial charge in [-0.15, -0.1) is 0 Å². The van der Waals surface area contributed by atoms with Gasteiger partial charge in [-0.25, -0.2) is 9.18 Å². The van der Waals surface area contributed by atoms with Gasteiger partial charge in [-0.05, 0) is 30.7 Å². The minimum Gasteiger partial charge on any atom is -0.457 e. The van der Waals surface area contributed by atoms with Gasteiger partial charge in [0, 0.05) is 5.56 Å². The highest BCUT2D eigenvalue weighted by Gasteiger charge is 2.12. The van der Waals surface area contributed by atoms with Crippen LogP contribution in [0.15, 0.2) is 48.5 Å². The summed E-state index contributed by atoms with van der Waals surface area (Å²) in [7, 11) is 0. The molecule has 0 aliphatic rings. The molecule has 2 rings (SSSR count). The van der Waals surface area contributed by atoms with Crippen molar-refractivity contribution in [3.63, 3.8) is 0 Å². The van der Waals surface area contributed by atoms with Gasteiger partial charge in [-0.1, -0.05) is 36.4 Å². The third-order valence-corrected chi connectivity index (χ3v) is 2.97. The Morgan fingerprint density at radius 3 is 2.40 bits per heavy atom. The number of rotatable bonds is 5. The second-order valence-corrected chi connectivity index (χ2v) is 4.36. The van der Waals surface area contributed by atoms with Gasteiger partial charge in [0.05, 0.1) is 5.56 Å². The molecule has 0 amide bonds. The van der Waals surface area contributed by atoms with Gasteiger partial charge in [0.15, 0.2) is 0 Å². The highest BCUT2D eigenvalue weighted by molar-refractivity contribution is 5.91. The number of benzene rings is 2. The molecule has 0 spiro atoms. The van der Waals surface area contributed by atoms with Crippen molar-refractivity contribution in [3.8, 4) is 0 Å². The van der Waals surface area contributed by atoms with Gasteiger partial charge in [0.2, 0.25) is 0 Å². The second-order valence-electron chi connectivity index (χ2n) is 4.36. The van der Waals surface area contributed by atoms with E-state index in [2.05, 4.69) is 0 Å². The topological polar surface area (TPSA) is 52.3 Å². The summed E-state index contributed by atoms with van der Waals surface area (Å²) >= 11 is 0. The molecule has 3 nitrogen and oxygen atoms in total. The van der Waals surface area contributed by atoms with E-state index < -0.39 is 5.97 Å². The Hall–Kier alpha value is -2.20.